The zero-order valence-electron chi connectivity index (χ0n) is 12.4. The molecule has 1 amide bonds. The fourth-order valence-corrected chi connectivity index (χ4v) is 2.44. The molecular weight excluding hydrogens is 238 g/mol. The number of carbonyl (C=O) groups is 1. The first kappa shape index (κ1) is 13.9. The summed E-state index contributed by atoms with van der Waals surface area (Å²) in [6, 6.07) is 6.19. The Kier molecular flexibility index (Phi) is 3.57. The summed E-state index contributed by atoms with van der Waals surface area (Å²) in [5, 5.41) is 3.14. The minimum absolute atomic E-state index is 0.000726. The summed E-state index contributed by atoms with van der Waals surface area (Å²) in [6.45, 7) is 10.0. The van der Waals surface area contributed by atoms with E-state index < -0.39 is 0 Å². The predicted molar refractivity (Wildman–Crippen MR) is 76.2 cm³/mol. The minimum atomic E-state index is -0.253. The molecule has 1 aliphatic rings. The summed E-state index contributed by atoms with van der Waals surface area (Å²) < 4.78 is 6.00. The fraction of sp³-hybridized carbons (Fsp3) is 0.562. The highest BCUT2D eigenvalue weighted by molar-refractivity contribution is 5.78. The van der Waals surface area contributed by atoms with Gasteiger partial charge in [-0.3, -0.25) is 4.79 Å². The van der Waals surface area contributed by atoms with E-state index in [2.05, 4.69) is 32.2 Å². The number of carbonyl (C=O) groups excluding carboxylic acids is 1. The van der Waals surface area contributed by atoms with E-state index in [0.29, 0.717) is 0 Å². The van der Waals surface area contributed by atoms with Crippen molar-refractivity contribution in [3.63, 3.8) is 0 Å². The number of nitrogens with one attached hydrogen (secondary N) is 1. The number of ether oxygens (including phenoxy) is 1. The molecule has 1 atom stereocenters. The van der Waals surface area contributed by atoms with Gasteiger partial charge in [0.05, 0.1) is 6.04 Å². The van der Waals surface area contributed by atoms with Crippen LogP contribution in [-0.4, -0.2) is 11.5 Å². The molecule has 1 aliphatic heterocycles. The maximum atomic E-state index is 12.0. The van der Waals surface area contributed by atoms with Crippen LogP contribution in [0.5, 0.6) is 5.75 Å². The fourth-order valence-electron chi connectivity index (χ4n) is 2.44. The van der Waals surface area contributed by atoms with Crippen molar-refractivity contribution < 1.29 is 9.53 Å². The van der Waals surface area contributed by atoms with Crippen LogP contribution < -0.4 is 10.1 Å². The van der Waals surface area contributed by atoms with Crippen molar-refractivity contribution in [2.75, 3.05) is 0 Å². The largest absolute Gasteiger partial charge is 0.487 e. The van der Waals surface area contributed by atoms with Crippen molar-refractivity contribution >= 4 is 5.91 Å². The standard InChI is InChI=1S/C16H23NO2/c1-10(2)15(18)17-13-9-16(4,5)19-14-7-6-11(3)8-12(13)14/h6-8,10,13H,9H2,1-5H3,(H,17,18). The van der Waals surface area contributed by atoms with E-state index in [9.17, 15) is 4.79 Å². The van der Waals surface area contributed by atoms with Gasteiger partial charge in [-0.1, -0.05) is 31.5 Å². The Morgan fingerprint density at radius 2 is 2.11 bits per heavy atom. The van der Waals surface area contributed by atoms with E-state index in [1.54, 1.807) is 0 Å². The van der Waals surface area contributed by atoms with Gasteiger partial charge >= 0.3 is 0 Å². The van der Waals surface area contributed by atoms with Gasteiger partial charge in [-0.15, -0.1) is 0 Å². The molecule has 3 heteroatoms. The molecule has 0 saturated carbocycles. The molecule has 0 bridgehead atoms. The van der Waals surface area contributed by atoms with Crippen LogP contribution in [0, 0.1) is 12.8 Å². The van der Waals surface area contributed by atoms with Crippen molar-refractivity contribution in [2.45, 2.75) is 52.7 Å². The van der Waals surface area contributed by atoms with Crippen LogP contribution in [0.25, 0.3) is 0 Å². The lowest BCUT2D eigenvalue weighted by Gasteiger charge is -2.38. The van der Waals surface area contributed by atoms with Gasteiger partial charge in [-0.2, -0.15) is 0 Å². The lowest BCUT2D eigenvalue weighted by Crippen LogP contribution is -2.42. The van der Waals surface area contributed by atoms with Crippen molar-refractivity contribution in [3.05, 3.63) is 29.3 Å². The van der Waals surface area contributed by atoms with Crippen LogP contribution in [-0.2, 0) is 4.79 Å². The molecule has 0 saturated heterocycles. The summed E-state index contributed by atoms with van der Waals surface area (Å²) in [6.07, 6.45) is 0.794. The second-order valence-electron chi connectivity index (χ2n) is 6.32. The number of fused-ring (bicyclic) bond motifs is 1. The molecule has 1 heterocycles. The molecule has 1 N–H and O–H groups in total. The first-order chi connectivity index (χ1) is 8.78. The second-order valence-corrected chi connectivity index (χ2v) is 6.32. The van der Waals surface area contributed by atoms with Gasteiger partial charge in [-0.25, -0.2) is 0 Å². The van der Waals surface area contributed by atoms with Gasteiger partial charge in [0.25, 0.3) is 0 Å². The first-order valence-corrected chi connectivity index (χ1v) is 6.88. The third-order valence-corrected chi connectivity index (χ3v) is 3.46. The zero-order valence-corrected chi connectivity index (χ0v) is 12.4. The van der Waals surface area contributed by atoms with Gasteiger partial charge < -0.3 is 10.1 Å². The van der Waals surface area contributed by atoms with Crippen molar-refractivity contribution in [2.24, 2.45) is 5.92 Å². The minimum Gasteiger partial charge on any atom is -0.487 e. The SMILES string of the molecule is Cc1ccc2c(c1)C(NC(=O)C(C)C)CC(C)(C)O2. The number of hydrogen-bond acceptors (Lipinski definition) is 2. The molecule has 3 nitrogen and oxygen atoms in total. The molecule has 19 heavy (non-hydrogen) atoms. The van der Waals surface area contributed by atoms with Crippen molar-refractivity contribution in [1.29, 1.82) is 0 Å². The molecule has 2 rings (SSSR count). The smallest absolute Gasteiger partial charge is 0.223 e. The van der Waals surface area contributed by atoms with E-state index >= 15 is 0 Å². The summed E-state index contributed by atoms with van der Waals surface area (Å²) in [5.41, 5.74) is 2.02. The van der Waals surface area contributed by atoms with Crippen LogP contribution in [0.1, 0.15) is 51.3 Å². The van der Waals surface area contributed by atoms with Crippen LogP contribution >= 0.6 is 0 Å². The average Bonchev–Trinajstić information content (AvgIpc) is 2.29. The Morgan fingerprint density at radius 1 is 1.42 bits per heavy atom. The maximum absolute atomic E-state index is 12.0. The number of hydrogen-bond donors (Lipinski definition) is 1. The van der Waals surface area contributed by atoms with Crippen LogP contribution in [0.3, 0.4) is 0 Å². The van der Waals surface area contributed by atoms with Crippen LogP contribution in [0.15, 0.2) is 18.2 Å². The average molecular weight is 261 g/mol. The highest BCUT2D eigenvalue weighted by Crippen LogP contribution is 2.39. The summed E-state index contributed by atoms with van der Waals surface area (Å²) in [7, 11) is 0. The Hall–Kier alpha value is -1.51. The van der Waals surface area contributed by atoms with Crippen LogP contribution in [0.2, 0.25) is 0 Å². The Labute approximate surface area is 115 Å². The van der Waals surface area contributed by atoms with Crippen LogP contribution in [0.4, 0.5) is 0 Å². The normalized spacial score (nSPS) is 20.6. The quantitative estimate of drug-likeness (QED) is 0.886. The van der Waals surface area contributed by atoms with E-state index in [1.165, 1.54) is 5.56 Å². The Bertz CT molecular complexity index is 492. The lowest BCUT2D eigenvalue weighted by molar-refractivity contribution is -0.125. The van der Waals surface area contributed by atoms with E-state index in [-0.39, 0.29) is 23.5 Å². The molecule has 104 valence electrons. The molecule has 1 unspecified atom stereocenters. The first-order valence-electron chi connectivity index (χ1n) is 6.88. The lowest BCUT2D eigenvalue weighted by atomic mass is 9.88. The summed E-state index contributed by atoms with van der Waals surface area (Å²) in [5.74, 6) is 0.977. The zero-order chi connectivity index (χ0) is 14.2. The van der Waals surface area contributed by atoms with Gasteiger partial charge in [0.2, 0.25) is 5.91 Å². The molecule has 0 spiro atoms. The van der Waals surface area contributed by atoms with E-state index in [1.807, 2.05) is 26.0 Å². The van der Waals surface area contributed by atoms with Crippen molar-refractivity contribution in [1.82, 2.24) is 5.32 Å². The maximum Gasteiger partial charge on any atom is 0.223 e. The topological polar surface area (TPSA) is 38.3 Å². The Morgan fingerprint density at radius 3 is 2.74 bits per heavy atom. The number of amides is 1. The van der Waals surface area contributed by atoms with E-state index in [4.69, 9.17) is 4.74 Å². The predicted octanol–water partition coefficient (Wildman–Crippen LogP) is 3.37. The molecular formula is C16H23NO2. The van der Waals surface area contributed by atoms with Gasteiger partial charge in [0, 0.05) is 17.9 Å². The molecule has 0 aliphatic carbocycles. The highest BCUT2D eigenvalue weighted by Gasteiger charge is 2.34. The summed E-state index contributed by atoms with van der Waals surface area (Å²) in [4.78, 5) is 12.0. The number of benzene rings is 1. The monoisotopic (exact) mass is 261 g/mol. The molecule has 0 radical (unpaired) electrons. The Balaban J connectivity index is 2.33. The highest BCUT2D eigenvalue weighted by atomic mass is 16.5. The second kappa shape index (κ2) is 4.87. The van der Waals surface area contributed by atoms with Crippen molar-refractivity contribution in [3.8, 4) is 5.75 Å². The van der Waals surface area contributed by atoms with Gasteiger partial charge in [0.15, 0.2) is 0 Å². The summed E-state index contributed by atoms with van der Waals surface area (Å²) >= 11 is 0. The third-order valence-electron chi connectivity index (χ3n) is 3.46. The number of aryl methyl sites for hydroxylation is 1. The molecule has 0 aromatic heterocycles. The van der Waals surface area contributed by atoms with Gasteiger partial charge in [0.1, 0.15) is 11.4 Å². The molecule has 1 aromatic rings. The van der Waals surface area contributed by atoms with E-state index in [0.717, 1.165) is 17.7 Å². The van der Waals surface area contributed by atoms with Gasteiger partial charge in [-0.05, 0) is 26.8 Å². The molecule has 1 aromatic carbocycles. The number of rotatable bonds is 2. The third kappa shape index (κ3) is 3.09. The molecule has 0 fully saturated rings.